The zero-order chi connectivity index (χ0) is 14.3. The zero-order valence-electron chi connectivity index (χ0n) is 11.4. The largest absolute Gasteiger partial charge is 0.366 e. The van der Waals surface area contributed by atoms with E-state index in [1.165, 1.54) is 25.0 Å². The maximum absolute atomic E-state index is 13.4. The number of fused-ring (bicyclic) bond motifs is 2. The molecule has 0 spiro atoms. The third kappa shape index (κ3) is 2.35. The smallest absolute Gasteiger partial charge is 0.292 e. The van der Waals surface area contributed by atoms with Crippen molar-refractivity contribution in [1.82, 2.24) is 5.32 Å². The predicted molar refractivity (Wildman–Crippen MR) is 74.4 cm³/mol. The normalized spacial score (nSPS) is 28.4. The van der Waals surface area contributed by atoms with Crippen molar-refractivity contribution in [2.24, 2.45) is 0 Å². The third-order valence-electron chi connectivity index (χ3n) is 4.51. The molecule has 0 aliphatic carbocycles. The van der Waals surface area contributed by atoms with Crippen molar-refractivity contribution < 1.29 is 9.31 Å². The first-order valence-corrected chi connectivity index (χ1v) is 6.97. The number of benzene rings is 1. The fourth-order valence-corrected chi connectivity index (χ4v) is 3.47. The average molecular weight is 279 g/mol. The van der Waals surface area contributed by atoms with Gasteiger partial charge in [-0.1, -0.05) is 0 Å². The number of nitrogens with zero attached hydrogens (tertiary/aromatic N) is 2. The molecule has 2 fully saturated rings. The molecule has 0 amide bonds. The van der Waals surface area contributed by atoms with Crippen molar-refractivity contribution in [2.75, 3.05) is 11.9 Å². The fourth-order valence-electron chi connectivity index (χ4n) is 3.47. The Morgan fingerprint density at radius 3 is 2.60 bits per heavy atom. The Hall–Kier alpha value is -1.69. The Kier molecular flexibility index (Phi) is 3.33. The van der Waals surface area contributed by atoms with Gasteiger partial charge in [0.05, 0.1) is 4.92 Å². The molecule has 2 atom stereocenters. The Balaban J connectivity index is 1.88. The Labute approximate surface area is 116 Å². The van der Waals surface area contributed by atoms with Crippen LogP contribution < -0.4 is 10.2 Å². The molecule has 3 rings (SSSR count). The number of anilines is 1. The summed E-state index contributed by atoms with van der Waals surface area (Å²) in [6.07, 6.45) is 4.25. The summed E-state index contributed by atoms with van der Waals surface area (Å²) in [5.41, 5.74) is 0.348. The number of hydrogen-bond acceptors (Lipinski definition) is 4. The van der Waals surface area contributed by atoms with E-state index >= 15 is 0 Å². The van der Waals surface area contributed by atoms with E-state index in [0.717, 1.165) is 18.9 Å². The van der Waals surface area contributed by atoms with Crippen molar-refractivity contribution in [3.8, 4) is 0 Å². The molecule has 0 saturated carbocycles. The van der Waals surface area contributed by atoms with Crippen molar-refractivity contribution in [1.29, 1.82) is 0 Å². The van der Waals surface area contributed by atoms with Crippen LogP contribution in [-0.2, 0) is 0 Å². The van der Waals surface area contributed by atoms with Crippen LogP contribution in [0, 0.1) is 15.9 Å². The van der Waals surface area contributed by atoms with E-state index < -0.39 is 10.7 Å². The van der Waals surface area contributed by atoms with Crippen LogP contribution in [0.3, 0.4) is 0 Å². The molecule has 5 nitrogen and oxygen atoms in total. The van der Waals surface area contributed by atoms with E-state index in [4.69, 9.17) is 0 Å². The SMILES string of the molecule is CN(c1cc(F)ccc1[N+](=O)[O-])C1CC2CCC(C1)N2. The second-order valence-corrected chi connectivity index (χ2v) is 5.76. The van der Waals surface area contributed by atoms with Gasteiger partial charge in [-0.25, -0.2) is 4.39 Å². The minimum absolute atomic E-state index is 0.0280. The van der Waals surface area contributed by atoms with Gasteiger partial charge in [-0.3, -0.25) is 10.1 Å². The molecule has 2 aliphatic rings. The first-order chi connectivity index (χ1) is 9.54. The number of halogens is 1. The molecular weight excluding hydrogens is 261 g/mol. The summed E-state index contributed by atoms with van der Waals surface area (Å²) in [6.45, 7) is 0. The first kappa shape index (κ1) is 13.3. The summed E-state index contributed by atoms with van der Waals surface area (Å²) in [6, 6.07) is 4.87. The third-order valence-corrected chi connectivity index (χ3v) is 4.51. The molecule has 1 aromatic carbocycles. The Morgan fingerprint density at radius 1 is 1.35 bits per heavy atom. The van der Waals surface area contributed by atoms with E-state index in [0.29, 0.717) is 17.8 Å². The van der Waals surface area contributed by atoms with Crippen molar-refractivity contribution in [2.45, 2.75) is 43.8 Å². The van der Waals surface area contributed by atoms with Crippen LogP contribution in [0.5, 0.6) is 0 Å². The lowest BCUT2D eigenvalue weighted by atomic mass is 9.98. The molecule has 0 radical (unpaired) electrons. The van der Waals surface area contributed by atoms with Crippen LogP contribution in [0.15, 0.2) is 18.2 Å². The summed E-state index contributed by atoms with van der Waals surface area (Å²) < 4.78 is 13.4. The van der Waals surface area contributed by atoms with Gasteiger partial charge in [0.15, 0.2) is 0 Å². The van der Waals surface area contributed by atoms with Gasteiger partial charge < -0.3 is 10.2 Å². The minimum Gasteiger partial charge on any atom is -0.366 e. The molecule has 2 saturated heterocycles. The first-order valence-electron chi connectivity index (χ1n) is 6.97. The van der Waals surface area contributed by atoms with Gasteiger partial charge in [0.2, 0.25) is 0 Å². The van der Waals surface area contributed by atoms with Crippen molar-refractivity contribution >= 4 is 11.4 Å². The van der Waals surface area contributed by atoms with Crippen LogP contribution in [0.1, 0.15) is 25.7 Å². The lowest BCUT2D eigenvalue weighted by Crippen LogP contribution is -2.47. The van der Waals surface area contributed by atoms with Gasteiger partial charge in [0, 0.05) is 37.3 Å². The molecule has 1 N–H and O–H groups in total. The predicted octanol–water partition coefficient (Wildman–Crippen LogP) is 2.45. The monoisotopic (exact) mass is 279 g/mol. The fraction of sp³-hybridized carbons (Fsp3) is 0.571. The van der Waals surface area contributed by atoms with Crippen LogP contribution in [0.2, 0.25) is 0 Å². The van der Waals surface area contributed by atoms with E-state index in [1.807, 2.05) is 11.9 Å². The summed E-state index contributed by atoms with van der Waals surface area (Å²) in [5.74, 6) is -0.436. The molecular formula is C14H18FN3O2. The van der Waals surface area contributed by atoms with Gasteiger partial charge in [0.25, 0.3) is 5.69 Å². The molecule has 2 bridgehead atoms. The summed E-state index contributed by atoms with van der Waals surface area (Å²) >= 11 is 0. The highest BCUT2D eigenvalue weighted by Crippen LogP contribution is 2.35. The van der Waals surface area contributed by atoms with Crippen LogP contribution in [0.25, 0.3) is 0 Å². The van der Waals surface area contributed by atoms with Crippen LogP contribution in [-0.4, -0.2) is 30.1 Å². The zero-order valence-corrected chi connectivity index (χ0v) is 11.4. The van der Waals surface area contributed by atoms with Crippen LogP contribution >= 0.6 is 0 Å². The standard InChI is InChI=1S/C14H18FN3O2/c1-17(12-7-10-3-4-11(8-12)16-10)14-6-9(15)2-5-13(14)18(19)20/h2,5-6,10-12,16H,3-4,7-8H2,1H3. The lowest BCUT2D eigenvalue weighted by Gasteiger charge is -2.36. The minimum atomic E-state index is -0.443. The number of piperidine rings is 1. The second kappa shape index (κ2) is 5.01. The number of nitro groups is 1. The van der Waals surface area contributed by atoms with Crippen LogP contribution in [0.4, 0.5) is 15.8 Å². The highest BCUT2D eigenvalue weighted by atomic mass is 19.1. The highest BCUT2D eigenvalue weighted by Gasteiger charge is 2.36. The highest BCUT2D eigenvalue weighted by molar-refractivity contribution is 5.63. The van der Waals surface area contributed by atoms with Gasteiger partial charge >= 0.3 is 0 Å². The second-order valence-electron chi connectivity index (χ2n) is 5.76. The Morgan fingerprint density at radius 2 is 2.00 bits per heavy atom. The van der Waals surface area contributed by atoms with Gasteiger partial charge in [-0.05, 0) is 31.7 Å². The van der Waals surface area contributed by atoms with Gasteiger partial charge in [-0.2, -0.15) is 0 Å². The molecule has 0 aromatic heterocycles. The van der Waals surface area contributed by atoms with E-state index in [1.54, 1.807) is 0 Å². The van der Waals surface area contributed by atoms with Crippen molar-refractivity contribution in [3.63, 3.8) is 0 Å². The van der Waals surface area contributed by atoms with E-state index in [9.17, 15) is 14.5 Å². The maximum atomic E-state index is 13.4. The van der Waals surface area contributed by atoms with Gasteiger partial charge in [0.1, 0.15) is 11.5 Å². The maximum Gasteiger partial charge on any atom is 0.292 e. The Bertz CT molecular complexity index is 525. The molecule has 108 valence electrons. The topological polar surface area (TPSA) is 58.4 Å². The molecule has 1 aromatic rings. The number of rotatable bonds is 3. The number of hydrogen-bond donors (Lipinski definition) is 1. The molecule has 6 heteroatoms. The molecule has 2 unspecified atom stereocenters. The van der Waals surface area contributed by atoms with Crippen molar-refractivity contribution in [3.05, 3.63) is 34.1 Å². The number of nitro benzene ring substituents is 1. The summed E-state index contributed by atoms with van der Waals surface area (Å²) in [5, 5.41) is 14.6. The lowest BCUT2D eigenvalue weighted by molar-refractivity contribution is -0.384. The number of nitrogens with one attached hydrogen (secondary N) is 1. The quantitative estimate of drug-likeness (QED) is 0.682. The molecule has 20 heavy (non-hydrogen) atoms. The summed E-state index contributed by atoms with van der Waals surface area (Å²) in [4.78, 5) is 12.5. The molecule has 2 aliphatic heterocycles. The van der Waals surface area contributed by atoms with E-state index in [2.05, 4.69) is 5.32 Å². The summed E-state index contributed by atoms with van der Waals surface area (Å²) in [7, 11) is 1.83. The van der Waals surface area contributed by atoms with Gasteiger partial charge in [-0.15, -0.1) is 0 Å². The molecule has 2 heterocycles. The van der Waals surface area contributed by atoms with E-state index in [-0.39, 0.29) is 11.7 Å². The average Bonchev–Trinajstić information content (AvgIpc) is 2.76.